The molecule has 1 aliphatic heterocycles. The Labute approximate surface area is 101 Å². The van der Waals surface area contributed by atoms with Gasteiger partial charge in [0.1, 0.15) is 0 Å². The molecule has 2 aliphatic rings. The summed E-state index contributed by atoms with van der Waals surface area (Å²) in [6.07, 6.45) is 6.90. The van der Waals surface area contributed by atoms with Gasteiger partial charge in [0.05, 0.1) is 0 Å². The number of likely N-dealkylation sites (tertiary alicyclic amines) is 1. The zero-order chi connectivity index (χ0) is 11.8. The fraction of sp³-hybridized carbons (Fsp3) is 1.00. The van der Waals surface area contributed by atoms with Crippen molar-refractivity contribution in [3.05, 3.63) is 0 Å². The topological polar surface area (TPSA) is 29.3 Å². The zero-order valence-corrected chi connectivity index (χ0v) is 11.2. The second-order valence-electron chi connectivity index (χ2n) is 6.52. The number of piperidine rings is 1. The lowest BCUT2D eigenvalue weighted by Gasteiger charge is -2.48. The quantitative estimate of drug-likeness (QED) is 0.795. The molecule has 0 radical (unpaired) electrons. The molecule has 2 rings (SSSR count). The Kier molecular flexibility index (Phi) is 3.60. The van der Waals surface area contributed by atoms with E-state index < -0.39 is 0 Å². The van der Waals surface area contributed by atoms with Crippen LogP contribution in [0.2, 0.25) is 0 Å². The van der Waals surface area contributed by atoms with Crippen LogP contribution >= 0.6 is 0 Å². The Hall–Kier alpha value is -0.0800. The van der Waals surface area contributed by atoms with E-state index in [-0.39, 0.29) is 5.54 Å². The van der Waals surface area contributed by atoms with E-state index >= 15 is 0 Å². The standard InChI is InChI=1S/C14H28N2/c1-11-6-7-16(12(2)8-11)14(3,10-15)9-13-4-5-13/h11-13H,4-10,15H2,1-3H3. The molecule has 94 valence electrons. The van der Waals surface area contributed by atoms with Crippen molar-refractivity contribution >= 4 is 0 Å². The molecule has 1 saturated heterocycles. The number of hydrogen-bond donors (Lipinski definition) is 1. The van der Waals surface area contributed by atoms with E-state index in [4.69, 9.17) is 5.73 Å². The van der Waals surface area contributed by atoms with Gasteiger partial charge < -0.3 is 5.73 Å². The maximum Gasteiger partial charge on any atom is 0.0309 e. The molecule has 0 spiro atoms. The van der Waals surface area contributed by atoms with Crippen LogP contribution in [0.3, 0.4) is 0 Å². The first kappa shape index (κ1) is 12.4. The summed E-state index contributed by atoms with van der Waals surface area (Å²) in [5.74, 6) is 1.87. The van der Waals surface area contributed by atoms with Gasteiger partial charge in [-0.1, -0.05) is 19.8 Å². The fourth-order valence-electron chi connectivity index (χ4n) is 3.47. The molecule has 2 N–H and O–H groups in total. The first-order chi connectivity index (χ1) is 7.55. The van der Waals surface area contributed by atoms with Gasteiger partial charge >= 0.3 is 0 Å². The van der Waals surface area contributed by atoms with Gasteiger partial charge in [-0.3, -0.25) is 4.90 Å². The van der Waals surface area contributed by atoms with E-state index in [2.05, 4.69) is 25.7 Å². The summed E-state index contributed by atoms with van der Waals surface area (Å²) < 4.78 is 0. The molecule has 1 heterocycles. The third-order valence-corrected chi connectivity index (χ3v) is 4.70. The Morgan fingerprint density at radius 2 is 1.94 bits per heavy atom. The smallest absolute Gasteiger partial charge is 0.0309 e. The van der Waals surface area contributed by atoms with Crippen LogP contribution in [-0.2, 0) is 0 Å². The van der Waals surface area contributed by atoms with Crippen molar-refractivity contribution in [1.29, 1.82) is 0 Å². The number of nitrogens with zero attached hydrogens (tertiary/aromatic N) is 1. The summed E-state index contributed by atoms with van der Waals surface area (Å²) >= 11 is 0. The maximum absolute atomic E-state index is 6.07. The van der Waals surface area contributed by atoms with Crippen LogP contribution in [0.4, 0.5) is 0 Å². The molecule has 0 aromatic heterocycles. The van der Waals surface area contributed by atoms with Gasteiger partial charge in [0, 0.05) is 18.1 Å². The summed E-state index contributed by atoms with van der Waals surface area (Å²) in [4.78, 5) is 2.70. The van der Waals surface area contributed by atoms with Crippen molar-refractivity contribution in [2.24, 2.45) is 17.6 Å². The van der Waals surface area contributed by atoms with Crippen molar-refractivity contribution in [2.45, 2.75) is 64.5 Å². The van der Waals surface area contributed by atoms with Gasteiger partial charge in [0.15, 0.2) is 0 Å². The molecule has 3 unspecified atom stereocenters. The lowest BCUT2D eigenvalue weighted by molar-refractivity contribution is 0.0171. The molecular weight excluding hydrogens is 196 g/mol. The van der Waals surface area contributed by atoms with Crippen molar-refractivity contribution in [3.63, 3.8) is 0 Å². The van der Waals surface area contributed by atoms with Gasteiger partial charge in [-0.05, 0) is 51.5 Å². The maximum atomic E-state index is 6.07. The van der Waals surface area contributed by atoms with Crippen molar-refractivity contribution < 1.29 is 0 Å². The monoisotopic (exact) mass is 224 g/mol. The summed E-state index contributed by atoms with van der Waals surface area (Å²) in [5.41, 5.74) is 6.33. The molecular formula is C14H28N2. The van der Waals surface area contributed by atoms with Gasteiger partial charge in [0.25, 0.3) is 0 Å². The van der Waals surface area contributed by atoms with Gasteiger partial charge in [0.2, 0.25) is 0 Å². The third-order valence-electron chi connectivity index (χ3n) is 4.70. The molecule has 1 aliphatic carbocycles. The molecule has 0 bridgehead atoms. The van der Waals surface area contributed by atoms with E-state index in [1.54, 1.807) is 0 Å². The van der Waals surface area contributed by atoms with E-state index in [9.17, 15) is 0 Å². The van der Waals surface area contributed by atoms with Gasteiger partial charge in [-0.15, -0.1) is 0 Å². The number of hydrogen-bond acceptors (Lipinski definition) is 2. The fourth-order valence-corrected chi connectivity index (χ4v) is 3.47. The highest BCUT2D eigenvalue weighted by Gasteiger charge is 2.40. The molecule has 0 aromatic rings. The van der Waals surface area contributed by atoms with E-state index in [0.29, 0.717) is 0 Å². The van der Waals surface area contributed by atoms with Crippen LogP contribution in [0.25, 0.3) is 0 Å². The second-order valence-corrected chi connectivity index (χ2v) is 6.52. The van der Waals surface area contributed by atoms with Crippen LogP contribution in [-0.4, -0.2) is 29.6 Å². The minimum absolute atomic E-state index is 0.265. The Morgan fingerprint density at radius 3 is 2.44 bits per heavy atom. The predicted octanol–water partition coefficient (Wildman–Crippen LogP) is 2.62. The molecule has 2 heteroatoms. The minimum Gasteiger partial charge on any atom is -0.329 e. The normalized spacial score (nSPS) is 36.0. The molecule has 1 saturated carbocycles. The first-order valence-corrected chi connectivity index (χ1v) is 7.02. The molecule has 3 atom stereocenters. The van der Waals surface area contributed by atoms with E-state index in [0.717, 1.165) is 24.4 Å². The summed E-state index contributed by atoms with van der Waals surface area (Å²) in [5, 5.41) is 0. The summed E-state index contributed by atoms with van der Waals surface area (Å²) in [6, 6.07) is 0.719. The van der Waals surface area contributed by atoms with Crippen LogP contribution < -0.4 is 5.73 Å². The second kappa shape index (κ2) is 4.66. The van der Waals surface area contributed by atoms with Crippen molar-refractivity contribution in [1.82, 2.24) is 4.90 Å². The van der Waals surface area contributed by atoms with Gasteiger partial charge in [-0.2, -0.15) is 0 Å². The number of nitrogens with two attached hydrogens (primary N) is 1. The highest BCUT2D eigenvalue weighted by molar-refractivity contribution is 4.96. The van der Waals surface area contributed by atoms with Gasteiger partial charge in [-0.25, -0.2) is 0 Å². The van der Waals surface area contributed by atoms with Crippen LogP contribution in [0.15, 0.2) is 0 Å². The number of rotatable bonds is 4. The summed E-state index contributed by atoms with van der Waals surface area (Å²) in [6.45, 7) is 9.23. The largest absolute Gasteiger partial charge is 0.329 e. The van der Waals surface area contributed by atoms with Crippen molar-refractivity contribution in [3.8, 4) is 0 Å². The lowest BCUT2D eigenvalue weighted by Crippen LogP contribution is -2.58. The molecule has 2 fully saturated rings. The van der Waals surface area contributed by atoms with E-state index in [1.807, 2.05) is 0 Å². The third kappa shape index (κ3) is 2.60. The lowest BCUT2D eigenvalue weighted by atomic mass is 9.85. The molecule has 0 aromatic carbocycles. The highest BCUT2D eigenvalue weighted by atomic mass is 15.2. The van der Waals surface area contributed by atoms with Crippen LogP contribution in [0.1, 0.15) is 52.9 Å². The first-order valence-electron chi connectivity index (χ1n) is 7.02. The Balaban J connectivity index is 2.01. The molecule has 16 heavy (non-hydrogen) atoms. The zero-order valence-electron chi connectivity index (χ0n) is 11.2. The Morgan fingerprint density at radius 1 is 1.25 bits per heavy atom. The average molecular weight is 224 g/mol. The van der Waals surface area contributed by atoms with Crippen LogP contribution in [0.5, 0.6) is 0 Å². The minimum atomic E-state index is 0.265. The Bertz CT molecular complexity index is 237. The van der Waals surface area contributed by atoms with Crippen LogP contribution in [0, 0.1) is 11.8 Å². The molecule has 0 amide bonds. The SMILES string of the molecule is CC1CCN(C(C)(CN)CC2CC2)C(C)C1. The average Bonchev–Trinajstić information content (AvgIpc) is 3.01. The molecule has 2 nitrogen and oxygen atoms in total. The van der Waals surface area contributed by atoms with E-state index in [1.165, 1.54) is 38.6 Å². The summed E-state index contributed by atoms with van der Waals surface area (Å²) in [7, 11) is 0. The predicted molar refractivity (Wildman–Crippen MR) is 69.4 cm³/mol. The van der Waals surface area contributed by atoms with Crippen molar-refractivity contribution in [2.75, 3.05) is 13.1 Å². The highest BCUT2D eigenvalue weighted by Crippen LogP contribution is 2.40.